The second-order valence-electron chi connectivity index (χ2n) is 6.23. The van der Waals surface area contributed by atoms with Gasteiger partial charge in [-0.3, -0.25) is 0 Å². The standard InChI is InChI=1S/C16H23NO2/c1-11-8-14-15(19-16(2,3)18-14)10-13(11)9-12-4-6-17-7-5-12/h8,10,12,17H,4-7,9H2,1-3H3. The predicted molar refractivity (Wildman–Crippen MR) is 75.8 cm³/mol. The molecule has 1 fully saturated rings. The molecule has 0 saturated carbocycles. The molecule has 0 amide bonds. The zero-order valence-corrected chi connectivity index (χ0v) is 12.1. The normalized spacial score (nSPS) is 21.6. The molecule has 2 heterocycles. The summed E-state index contributed by atoms with van der Waals surface area (Å²) in [6, 6.07) is 4.31. The van der Waals surface area contributed by atoms with Crippen LogP contribution in [0.5, 0.6) is 11.5 Å². The Morgan fingerprint density at radius 1 is 1.16 bits per heavy atom. The van der Waals surface area contributed by atoms with Crippen molar-refractivity contribution in [1.82, 2.24) is 5.32 Å². The van der Waals surface area contributed by atoms with Crippen molar-refractivity contribution in [2.24, 2.45) is 5.92 Å². The number of nitrogens with one attached hydrogen (secondary N) is 1. The van der Waals surface area contributed by atoms with Gasteiger partial charge in [-0.25, -0.2) is 0 Å². The number of aryl methyl sites for hydroxylation is 1. The summed E-state index contributed by atoms with van der Waals surface area (Å²) in [7, 11) is 0. The number of hydrogen-bond donors (Lipinski definition) is 1. The summed E-state index contributed by atoms with van der Waals surface area (Å²) in [6.07, 6.45) is 3.71. The van der Waals surface area contributed by atoms with Crippen molar-refractivity contribution in [2.45, 2.75) is 45.8 Å². The molecule has 0 aromatic heterocycles. The first-order valence-electron chi connectivity index (χ1n) is 7.26. The summed E-state index contributed by atoms with van der Waals surface area (Å²) < 4.78 is 11.6. The third-order valence-electron chi connectivity index (χ3n) is 4.08. The SMILES string of the molecule is Cc1cc2c(cc1CC1CCNCC1)OC(C)(C)O2. The zero-order chi connectivity index (χ0) is 13.5. The first kappa shape index (κ1) is 12.8. The monoisotopic (exact) mass is 261 g/mol. The summed E-state index contributed by atoms with van der Waals surface area (Å²) in [6.45, 7) is 8.39. The molecule has 104 valence electrons. The molecule has 1 aromatic carbocycles. The van der Waals surface area contributed by atoms with E-state index in [-0.39, 0.29) is 0 Å². The van der Waals surface area contributed by atoms with Crippen molar-refractivity contribution < 1.29 is 9.47 Å². The van der Waals surface area contributed by atoms with E-state index in [0.717, 1.165) is 36.9 Å². The molecule has 1 saturated heterocycles. The number of ether oxygens (including phenoxy) is 2. The molecule has 2 aliphatic heterocycles. The zero-order valence-electron chi connectivity index (χ0n) is 12.1. The first-order chi connectivity index (χ1) is 9.03. The molecule has 19 heavy (non-hydrogen) atoms. The summed E-state index contributed by atoms with van der Waals surface area (Å²) in [5.74, 6) is 2.06. The van der Waals surface area contributed by atoms with Crippen LogP contribution in [-0.4, -0.2) is 18.9 Å². The quantitative estimate of drug-likeness (QED) is 0.887. The van der Waals surface area contributed by atoms with Crippen molar-refractivity contribution in [3.05, 3.63) is 23.3 Å². The highest BCUT2D eigenvalue weighted by Crippen LogP contribution is 2.41. The second-order valence-corrected chi connectivity index (χ2v) is 6.23. The topological polar surface area (TPSA) is 30.5 Å². The first-order valence-corrected chi connectivity index (χ1v) is 7.26. The van der Waals surface area contributed by atoms with Gasteiger partial charge in [0.2, 0.25) is 5.79 Å². The van der Waals surface area contributed by atoms with E-state index in [9.17, 15) is 0 Å². The fourth-order valence-electron chi connectivity index (χ4n) is 3.03. The van der Waals surface area contributed by atoms with Gasteiger partial charge in [0.1, 0.15) is 0 Å². The Kier molecular flexibility index (Phi) is 3.17. The van der Waals surface area contributed by atoms with Crippen LogP contribution in [-0.2, 0) is 6.42 Å². The summed E-state index contributed by atoms with van der Waals surface area (Å²) in [4.78, 5) is 0. The minimum absolute atomic E-state index is 0.526. The Bertz CT molecular complexity index is 476. The van der Waals surface area contributed by atoms with Crippen LogP contribution in [0.2, 0.25) is 0 Å². The van der Waals surface area contributed by atoms with Crippen molar-refractivity contribution in [2.75, 3.05) is 13.1 Å². The maximum Gasteiger partial charge on any atom is 0.246 e. The van der Waals surface area contributed by atoms with Crippen LogP contribution in [0.3, 0.4) is 0 Å². The van der Waals surface area contributed by atoms with Crippen LogP contribution in [0.15, 0.2) is 12.1 Å². The number of rotatable bonds is 2. The smallest absolute Gasteiger partial charge is 0.246 e. The van der Waals surface area contributed by atoms with Crippen molar-refractivity contribution >= 4 is 0 Å². The summed E-state index contributed by atoms with van der Waals surface area (Å²) in [5.41, 5.74) is 2.73. The van der Waals surface area contributed by atoms with Gasteiger partial charge in [0.25, 0.3) is 0 Å². The molecule has 0 atom stereocenters. The van der Waals surface area contributed by atoms with Gasteiger partial charge >= 0.3 is 0 Å². The van der Waals surface area contributed by atoms with Gasteiger partial charge < -0.3 is 14.8 Å². The van der Waals surface area contributed by atoms with Gasteiger partial charge in [0, 0.05) is 13.8 Å². The highest BCUT2D eigenvalue weighted by atomic mass is 16.7. The van der Waals surface area contributed by atoms with E-state index < -0.39 is 5.79 Å². The minimum Gasteiger partial charge on any atom is -0.449 e. The van der Waals surface area contributed by atoms with E-state index in [4.69, 9.17) is 9.47 Å². The molecule has 0 aliphatic carbocycles. The Balaban J connectivity index is 1.79. The second kappa shape index (κ2) is 4.71. The van der Waals surface area contributed by atoms with E-state index in [0.29, 0.717) is 0 Å². The average Bonchev–Trinajstić information content (AvgIpc) is 2.64. The van der Waals surface area contributed by atoms with Gasteiger partial charge in [-0.15, -0.1) is 0 Å². The molecular weight excluding hydrogens is 238 g/mol. The molecule has 3 rings (SSSR count). The fourth-order valence-corrected chi connectivity index (χ4v) is 3.03. The molecule has 2 aliphatic rings. The minimum atomic E-state index is -0.526. The van der Waals surface area contributed by atoms with E-state index >= 15 is 0 Å². The van der Waals surface area contributed by atoms with E-state index in [1.165, 1.54) is 24.0 Å². The van der Waals surface area contributed by atoms with Crippen molar-refractivity contribution in [3.63, 3.8) is 0 Å². The highest BCUT2D eigenvalue weighted by Gasteiger charge is 2.32. The van der Waals surface area contributed by atoms with Gasteiger partial charge in [0.15, 0.2) is 11.5 Å². The maximum absolute atomic E-state index is 5.84. The van der Waals surface area contributed by atoms with Crippen LogP contribution >= 0.6 is 0 Å². The Labute approximate surface area is 115 Å². The van der Waals surface area contributed by atoms with Crippen LogP contribution in [0.25, 0.3) is 0 Å². The molecule has 3 heteroatoms. The van der Waals surface area contributed by atoms with E-state index in [1.54, 1.807) is 0 Å². The van der Waals surface area contributed by atoms with Gasteiger partial charge in [0.05, 0.1) is 0 Å². The van der Waals surface area contributed by atoms with Crippen LogP contribution in [0.4, 0.5) is 0 Å². The Morgan fingerprint density at radius 2 is 1.79 bits per heavy atom. The molecule has 0 spiro atoms. The molecule has 1 N–H and O–H groups in total. The van der Waals surface area contributed by atoms with Crippen LogP contribution < -0.4 is 14.8 Å². The van der Waals surface area contributed by atoms with Crippen LogP contribution in [0, 0.1) is 12.8 Å². The van der Waals surface area contributed by atoms with Gasteiger partial charge in [-0.1, -0.05) is 0 Å². The molecule has 1 aromatic rings. The number of piperidine rings is 1. The lowest BCUT2D eigenvalue weighted by Crippen LogP contribution is -2.29. The third kappa shape index (κ3) is 2.71. The lowest BCUT2D eigenvalue weighted by atomic mass is 9.89. The predicted octanol–water partition coefficient (Wildman–Crippen LogP) is 3.04. The maximum atomic E-state index is 5.84. The summed E-state index contributed by atoms with van der Waals surface area (Å²) in [5, 5.41) is 3.42. The molecule has 0 bridgehead atoms. The van der Waals surface area contributed by atoms with Gasteiger partial charge in [-0.05, 0) is 68.5 Å². The van der Waals surface area contributed by atoms with E-state index in [1.807, 2.05) is 13.8 Å². The van der Waals surface area contributed by atoms with Crippen molar-refractivity contribution in [1.29, 1.82) is 0 Å². The average molecular weight is 261 g/mol. The number of fused-ring (bicyclic) bond motifs is 1. The van der Waals surface area contributed by atoms with Gasteiger partial charge in [-0.2, -0.15) is 0 Å². The fraction of sp³-hybridized carbons (Fsp3) is 0.625. The summed E-state index contributed by atoms with van der Waals surface area (Å²) >= 11 is 0. The lowest BCUT2D eigenvalue weighted by molar-refractivity contribution is -0.0431. The number of benzene rings is 1. The molecule has 0 unspecified atom stereocenters. The highest BCUT2D eigenvalue weighted by molar-refractivity contribution is 5.49. The molecule has 3 nitrogen and oxygen atoms in total. The molecular formula is C16H23NO2. The Morgan fingerprint density at radius 3 is 2.47 bits per heavy atom. The third-order valence-corrected chi connectivity index (χ3v) is 4.08. The Hall–Kier alpha value is -1.22. The number of hydrogen-bond acceptors (Lipinski definition) is 3. The van der Waals surface area contributed by atoms with Crippen LogP contribution in [0.1, 0.15) is 37.8 Å². The largest absolute Gasteiger partial charge is 0.449 e. The van der Waals surface area contributed by atoms with E-state index in [2.05, 4.69) is 24.4 Å². The van der Waals surface area contributed by atoms with Crippen molar-refractivity contribution in [3.8, 4) is 11.5 Å². The lowest BCUT2D eigenvalue weighted by Gasteiger charge is -2.23. The molecule has 0 radical (unpaired) electrons.